The summed E-state index contributed by atoms with van der Waals surface area (Å²) in [5.41, 5.74) is -0.268. The summed E-state index contributed by atoms with van der Waals surface area (Å²) >= 11 is 0. The van der Waals surface area contributed by atoms with E-state index in [1.165, 1.54) is 0 Å². The lowest BCUT2D eigenvalue weighted by molar-refractivity contribution is -0.157. The molecule has 74 valence electrons. The third kappa shape index (κ3) is 1.26. The molecule has 0 aromatic rings. The van der Waals surface area contributed by atoms with Crippen LogP contribution in [0.1, 0.15) is 32.6 Å². The minimum atomic E-state index is -0.268. The lowest BCUT2D eigenvalue weighted by Gasteiger charge is -2.24. The third-order valence-corrected chi connectivity index (χ3v) is 3.25. The Kier molecular flexibility index (Phi) is 2.28. The van der Waals surface area contributed by atoms with Crippen LogP contribution in [0.5, 0.6) is 0 Å². The average molecular weight is 184 g/mol. The molecule has 0 spiro atoms. The van der Waals surface area contributed by atoms with Crippen molar-refractivity contribution in [2.75, 3.05) is 13.2 Å². The average Bonchev–Trinajstić information content (AvgIpc) is 2.61. The molecule has 0 unspecified atom stereocenters. The zero-order valence-electron chi connectivity index (χ0n) is 8.04. The lowest BCUT2D eigenvalue weighted by atomic mass is 9.83. The fraction of sp³-hybridized carbons (Fsp3) is 0.900. The summed E-state index contributed by atoms with van der Waals surface area (Å²) in [6.45, 7) is 3.06. The molecule has 1 aliphatic carbocycles. The summed E-state index contributed by atoms with van der Waals surface area (Å²) in [4.78, 5) is 11.7. The van der Waals surface area contributed by atoms with E-state index in [9.17, 15) is 4.79 Å². The number of fused-ring (bicyclic) bond motifs is 1. The van der Waals surface area contributed by atoms with Gasteiger partial charge in [0.15, 0.2) is 0 Å². The van der Waals surface area contributed by atoms with Crippen LogP contribution in [0.25, 0.3) is 0 Å². The molecule has 3 nitrogen and oxygen atoms in total. The van der Waals surface area contributed by atoms with Crippen LogP contribution in [0.2, 0.25) is 0 Å². The molecular formula is C10H16O3. The van der Waals surface area contributed by atoms with E-state index in [-0.39, 0.29) is 17.5 Å². The van der Waals surface area contributed by atoms with Crippen molar-refractivity contribution >= 4 is 5.97 Å². The maximum absolute atomic E-state index is 11.7. The first kappa shape index (κ1) is 9.00. The molecule has 1 aliphatic heterocycles. The molecule has 0 aromatic carbocycles. The molecule has 1 saturated heterocycles. The largest absolute Gasteiger partial charge is 0.465 e. The number of rotatable bonds is 2. The van der Waals surface area contributed by atoms with Crippen molar-refractivity contribution in [3.8, 4) is 0 Å². The van der Waals surface area contributed by atoms with Crippen molar-refractivity contribution in [2.24, 2.45) is 5.41 Å². The summed E-state index contributed by atoms with van der Waals surface area (Å²) in [5.74, 6) is -0.0324. The molecule has 0 bridgehead atoms. The van der Waals surface area contributed by atoms with E-state index in [2.05, 4.69) is 0 Å². The Labute approximate surface area is 78.4 Å². The fourth-order valence-corrected chi connectivity index (χ4v) is 2.56. The minimum absolute atomic E-state index is 0.0324. The van der Waals surface area contributed by atoms with E-state index in [4.69, 9.17) is 9.47 Å². The summed E-state index contributed by atoms with van der Waals surface area (Å²) in [5, 5.41) is 0. The number of ether oxygens (including phenoxy) is 2. The van der Waals surface area contributed by atoms with Gasteiger partial charge in [0.2, 0.25) is 0 Å². The van der Waals surface area contributed by atoms with E-state index in [1.54, 1.807) is 0 Å². The maximum atomic E-state index is 11.7. The molecule has 2 fully saturated rings. The van der Waals surface area contributed by atoms with Gasteiger partial charge in [0, 0.05) is 6.61 Å². The highest BCUT2D eigenvalue weighted by atomic mass is 16.5. The fourth-order valence-electron chi connectivity index (χ4n) is 2.56. The topological polar surface area (TPSA) is 35.5 Å². The summed E-state index contributed by atoms with van der Waals surface area (Å²) in [6, 6.07) is 0. The van der Waals surface area contributed by atoms with Crippen molar-refractivity contribution in [1.29, 1.82) is 0 Å². The van der Waals surface area contributed by atoms with Crippen molar-refractivity contribution < 1.29 is 14.3 Å². The molecule has 0 amide bonds. The van der Waals surface area contributed by atoms with Crippen LogP contribution >= 0.6 is 0 Å². The molecule has 2 rings (SSSR count). The van der Waals surface area contributed by atoms with Gasteiger partial charge in [-0.25, -0.2) is 0 Å². The second-order valence-corrected chi connectivity index (χ2v) is 3.88. The Hall–Kier alpha value is -0.570. The zero-order chi connectivity index (χ0) is 9.31. The number of carbonyl (C=O) groups excluding carboxylic acids is 1. The SMILES string of the molecule is CCOC(=O)[C@@]12CCC[C@@H]1OCC2. The van der Waals surface area contributed by atoms with Crippen molar-refractivity contribution in [1.82, 2.24) is 0 Å². The van der Waals surface area contributed by atoms with Gasteiger partial charge in [-0.15, -0.1) is 0 Å². The van der Waals surface area contributed by atoms with Crippen molar-refractivity contribution in [3.63, 3.8) is 0 Å². The minimum Gasteiger partial charge on any atom is -0.465 e. The summed E-state index contributed by atoms with van der Waals surface area (Å²) in [6.07, 6.45) is 4.08. The Balaban J connectivity index is 2.12. The van der Waals surface area contributed by atoms with Crippen LogP contribution in [0, 0.1) is 5.41 Å². The van der Waals surface area contributed by atoms with E-state index in [0.717, 1.165) is 32.3 Å². The highest BCUT2D eigenvalue weighted by Gasteiger charge is 2.53. The molecule has 13 heavy (non-hydrogen) atoms. The first-order valence-electron chi connectivity index (χ1n) is 5.08. The zero-order valence-corrected chi connectivity index (χ0v) is 8.04. The van der Waals surface area contributed by atoms with Gasteiger partial charge in [-0.3, -0.25) is 4.79 Å². The van der Waals surface area contributed by atoms with Crippen molar-refractivity contribution in [3.05, 3.63) is 0 Å². The second kappa shape index (κ2) is 3.29. The van der Waals surface area contributed by atoms with E-state index < -0.39 is 0 Å². The molecule has 1 saturated carbocycles. The predicted octanol–water partition coefficient (Wildman–Crippen LogP) is 1.51. The first-order valence-corrected chi connectivity index (χ1v) is 5.08. The Morgan fingerprint density at radius 3 is 3.23 bits per heavy atom. The third-order valence-electron chi connectivity index (χ3n) is 3.25. The van der Waals surface area contributed by atoms with E-state index in [1.807, 2.05) is 6.92 Å². The van der Waals surface area contributed by atoms with E-state index in [0.29, 0.717) is 6.61 Å². The Morgan fingerprint density at radius 2 is 2.46 bits per heavy atom. The smallest absolute Gasteiger partial charge is 0.314 e. The standard InChI is InChI=1S/C10H16O3/c1-2-12-9(11)10-5-3-4-8(10)13-7-6-10/h8H,2-7H2,1H3/t8-,10+/m0/s1. The van der Waals surface area contributed by atoms with Gasteiger partial charge in [-0.05, 0) is 32.6 Å². The van der Waals surface area contributed by atoms with Gasteiger partial charge >= 0.3 is 5.97 Å². The van der Waals surface area contributed by atoms with Crippen LogP contribution < -0.4 is 0 Å². The number of carbonyl (C=O) groups is 1. The summed E-state index contributed by atoms with van der Waals surface area (Å²) < 4.78 is 10.7. The Morgan fingerprint density at radius 1 is 1.62 bits per heavy atom. The number of hydrogen-bond donors (Lipinski definition) is 0. The van der Waals surface area contributed by atoms with Gasteiger partial charge in [0.25, 0.3) is 0 Å². The van der Waals surface area contributed by atoms with Crippen LogP contribution in [0.4, 0.5) is 0 Å². The van der Waals surface area contributed by atoms with Crippen LogP contribution in [0.3, 0.4) is 0 Å². The van der Waals surface area contributed by atoms with Crippen LogP contribution in [-0.4, -0.2) is 25.3 Å². The quantitative estimate of drug-likeness (QED) is 0.610. The molecule has 1 heterocycles. The molecule has 2 aliphatic rings. The van der Waals surface area contributed by atoms with Gasteiger partial charge in [0.05, 0.1) is 18.1 Å². The lowest BCUT2D eigenvalue weighted by Crippen LogP contribution is -2.36. The van der Waals surface area contributed by atoms with Crippen molar-refractivity contribution in [2.45, 2.75) is 38.7 Å². The monoisotopic (exact) mass is 184 g/mol. The van der Waals surface area contributed by atoms with Gasteiger partial charge in [-0.2, -0.15) is 0 Å². The maximum Gasteiger partial charge on any atom is 0.314 e. The normalized spacial score (nSPS) is 37.5. The van der Waals surface area contributed by atoms with Gasteiger partial charge < -0.3 is 9.47 Å². The number of esters is 1. The van der Waals surface area contributed by atoms with Gasteiger partial charge in [0.1, 0.15) is 0 Å². The molecular weight excluding hydrogens is 168 g/mol. The van der Waals surface area contributed by atoms with Crippen LogP contribution in [0.15, 0.2) is 0 Å². The van der Waals surface area contributed by atoms with E-state index >= 15 is 0 Å². The molecule has 2 atom stereocenters. The predicted molar refractivity (Wildman–Crippen MR) is 47.3 cm³/mol. The summed E-state index contributed by atoms with van der Waals surface area (Å²) in [7, 11) is 0. The second-order valence-electron chi connectivity index (χ2n) is 3.88. The molecule has 0 aromatic heterocycles. The highest BCUT2D eigenvalue weighted by molar-refractivity contribution is 5.78. The first-order chi connectivity index (χ1) is 6.29. The molecule has 3 heteroatoms. The number of hydrogen-bond acceptors (Lipinski definition) is 3. The molecule has 0 radical (unpaired) electrons. The van der Waals surface area contributed by atoms with Crippen LogP contribution in [-0.2, 0) is 14.3 Å². The molecule has 0 N–H and O–H groups in total. The highest BCUT2D eigenvalue weighted by Crippen LogP contribution is 2.48. The Bertz CT molecular complexity index is 202. The van der Waals surface area contributed by atoms with Gasteiger partial charge in [-0.1, -0.05) is 0 Å².